The van der Waals surface area contributed by atoms with E-state index >= 15 is 0 Å². The summed E-state index contributed by atoms with van der Waals surface area (Å²) in [5, 5.41) is 11.8. The molecular weight excluding hydrogens is 204 g/mol. The van der Waals surface area contributed by atoms with Gasteiger partial charge in [0.05, 0.1) is 0 Å². The topological polar surface area (TPSA) is 75.3 Å². The van der Waals surface area contributed by atoms with Crippen LogP contribution in [0.5, 0.6) is 0 Å². The summed E-state index contributed by atoms with van der Waals surface area (Å²) in [7, 11) is 0. The molecule has 0 amide bonds. The molecule has 0 heterocycles. The van der Waals surface area contributed by atoms with E-state index in [1.165, 1.54) is 0 Å². The fraction of sp³-hybridized carbons (Fsp3) is 0.417. The molecule has 0 spiro atoms. The van der Waals surface area contributed by atoms with Crippen LogP contribution in [0.3, 0.4) is 0 Å². The molecule has 16 heavy (non-hydrogen) atoms. The molecule has 1 aromatic carbocycles. The third kappa shape index (κ3) is 4.42. The van der Waals surface area contributed by atoms with E-state index in [-0.39, 0.29) is 12.5 Å². The Kier molecular flexibility index (Phi) is 5.53. The predicted octanol–water partition coefficient (Wildman–Crippen LogP) is 1.14. The molecule has 1 aromatic rings. The van der Waals surface area contributed by atoms with Gasteiger partial charge in [-0.3, -0.25) is 4.79 Å². The van der Waals surface area contributed by atoms with Gasteiger partial charge in [-0.1, -0.05) is 30.3 Å². The number of hydrogen-bond donors (Lipinski definition) is 3. The Hall–Kier alpha value is -1.39. The lowest BCUT2D eigenvalue weighted by atomic mass is 10.1. The second-order valence-electron chi connectivity index (χ2n) is 3.65. The van der Waals surface area contributed by atoms with Crippen LogP contribution in [0.1, 0.15) is 24.4 Å². The van der Waals surface area contributed by atoms with Crippen molar-refractivity contribution in [3.63, 3.8) is 0 Å². The van der Waals surface area contributed by atoms with Crippen LogP contribution in [0.15, 0.2) is 30.3 Å². The Bertz CT molecular complexity index is 314. The average Bonchev–Trinajstić information content (AvgIpc) is 2.30. The summed E-state index contributed by atoms with van der Waals surface area (Å²) in [5.74, 6) is -0.759. The third-order valence-corrected chi connectivity index (χ3v) is 2.40. The van der Waals surface area contributed by atoms with E-state index in [2.05, 4.69) is 5.32 Å². The van der Waals surface area contributed by atoms with Gasteiger partial charge in [0.1, 0.15) is 0 Å². The molecule has 0 bridgehead atoms. The maximum absolute atomic E-state index is 10.3. The number of carbonyl (C=O) groups is 1. The summed E-state index contributed by atoms with van der Waals surface area (Å²) >= 11 is 0. The molecular formula is C12H18N2O2. The first kappa shape index (κ1) is 12.7. The molecule has 0 radical (unpaired) electrons. The van der Waals surface area contributed by atoms with Crippen molar-refractivity contribution >= 4 is 5.97 Å². The van der Waals surface area contributed by atoms with Gasteiger partial charge >= 0.3 is 5.97 Å². The number of nitrogens with two attached hydrogens (primary N) is 1. The summed E-state index contributed by atoms with van der Waals surface area (Å²) in [4.78, 5) is 10.3. The van der Waals surface area contributed by atoms with Crippen LogP contribution in [0, 0.1) is 0 Å². The van der Waals surface area contributed by atoms with Gasteiger partial charge in [-0.2, -0.15) is 0 Å². The minimum Gasteiger partial charge on any atom is -0.481 e. The summed E-state index contributed by atoms with van der Waals surface area (Å²) < 4.78 is 0. The van der Waals surface area contributed by atoms with Crippen LogP contribution < -0.4 is 11.1 Å². The van der Waals surface area contributed by atoms with Crippen molar-refractivity contribution < 1.29 is 9.90 Å². The second kappa shape index (κ2) is 6.98. The standard InChI is InChI=1S/C12H18N2O2/c13-9-11(10-5-2-1-3-6-10)14-8-4-7-12(15)16/h1-3,5-6,11,14H,4,7-9,13H2,(H,15,16)/t11-/m0/s1. The first-order chi connectivity index (χ1) is 7.74. The lowest BCUT2D eigenvalue weighted by Crippen LogP contribution is -2.29. The molecule has 0 saturated heterocycles. The van der Waals surface area contributed by atoms with Crippen LogP contribution in [0.2, 0.25) is 0 Å². The monoisotopic (exact) mass is 222 g/mol. The van der Waals surface area contributed by atoms with Crippen LogP contribution in [0.4, 0.5) is 0 Å². The summed E-state index contributed by atoms with van der Waals surface area (Å²) in [6.45, 7) is 1.18. The van der Waals surface area contributed by atoms with Crippen molar-refractivity contribution in [3.8, 4) is 0 Å². The number of rotatable bonds is 7. The summed E-state index contributed by atoms with van der Waals surface area (Å²) in [6.07, 6.45) is 0.817. The maximum atomic E-state index is 10.3. The first-order valence-electron chi connectivity index (χ1n) is 5.44. The summed E-state index contributed by atoms with van der Waals surface area (Å²) in [6, 6.07) is 10.0. The van der Waals surface area contributed by atoms with Crippen molar-refractivity contribution in [2.75, 3.05) is 13.1 Å². The van der Waals surface area contributed by atoms with Gasteiger partial charge in [-0.05, 0) is 18.5 Å². The fourth-order valence-corrected chi connectivity index (χ4v) is 1.54. The van der Waals surface area contributed by atoms with Crippen molar-refractivity contribution in [2.45, 2.75) is 18.9 Å². The molecule has 4 heteroatoms. The van der Waals surface area contributed by atoms with Crippen LogP contribution in [-0.4, -0.2) is 24.2 Å². The van der Waals surface area contributed by atoms with E-state index in [1.807, 2.05) is 30.3 Å². The van der Waals surface area contributed by atoms with Gasteiger partial charge in [-0.25, -0.2) is 0 Å². The fourth-order valence-electron chi connectivity index (χ4n) is 1.54. The number of nitrogens with one attached hydrogen (secondary N) is 1. The highest BCUT2D eigenvalue weighted by atomic mass is 16.4. The zero-order chi connectivity index (χ0) is 11.8. The van der Waals surface area contributed by atoms with Crippen molar-refractivity contribution in [1.29, 1.82) is 0 Å². The van der Waals surface area contributed by atoms with E-state index in [1.54, 1.807) is 0 Å². The van der Waals surface area contributed by atoms with E-state index < -0.39 is 5.97 Å². The van der Waals surface area contributed by atoms with Gasteiger partial charge in [0.25, 0.3) is 0 Å². The highest BCUT2D eigenvalue weighted by molar-refractivity contribution is 5.66. The molecule has 0 unspecified atom stereocenters. The molecule has 1 atom stereocenters. The highest BCUT2D eigenvalue weighted by Gasteiger charge is 2.07. The van der Waals surface area contributed by atoms with Crippen molar-refractivity contribution in [3.05, 3.63) is 35.9 Å². The molecule has 0 aliphatic carbocycles. The van der Waals surface area contributed by atoms with Gasteiger partial charge in [0.2, 0.25) is 0 Å². The predicted molar refractivity (Wildman–Crippen MR) is 63.1 cm³/mol. The van der Waals surface area contributed by atoms with Crippen LogP contribution in [-0.2, 0) is 4.79 Å². The molecule has 0 aromatic heterocycles. The average molecular weight is 222 g/mol. The van der Waals surface area contributed by atoms with Gasteiger partial charge in [0.15, 0.2) is 0 Å². The van der Waals surface area contributed by atoms with E-state index in [9.17, 15) is 4.79 Å². The minimum absolute atomic E-state index is 0.106. The Morgan fingerprint density at radius 1 is 1.38 bits per heavy atom. The normalized spacial score (nSPS) is 12.3. The second-order valence-corrected chi connectivity index (χ2v) is 3.65. The van der Waals surface area contributed by atoms with Gasteiger partial charge < -0.3 is 16.2 Å². The Morgan fingerprint density at radius 2 is 2.06 bits per heavy atom. The SMILES string of the molecule is NC[C@H](NCCCC(=O)O)c1ccccc1. The number of hydrogen-bond acceptors (Lipinski definition) is 3. The number of carboxylic acids is 1. The van der Waals surface area contributed by atoms with E-state index in [0.717, 1.165) is 5.56 Å². The molecule has 4 N–H and O–H groups in total. The Labute approximate surface area is 95.5 Å². The van der Waals surface area contributed by atoms with Crippen LogP contribution in [0.25, 0.3) is 0 Å². The molecule has 0 saturated carbocycles. The molecule has 0 fully saturated rings. The zero-order valence-electron chi connectivity index (χ0n) is 9.23. The van der Waals surface area contributed by atoms with E-state index in [0.29, 0.717) is 19.5 Å². The lowest BCUT2D eigenvalue weighted by molar-refractivity contribution is -0.137. The minimum atomic E-state index is -0.759. The third-order valence-electron chi connectivity index (χ3n) is 2.40. The van der Waals surface area contributed by atoms with Gasteiger partial charge in [-0.15, -0.1) is 0 Å². The highest BCUT2D eigenvalue weighted by Crippen LogP contribution is 2.10. The largest absolute Gasteiger partial charge is 0.481 e. The first-order valence-corrected chi connectivity index (χ1v) is 5.44. The number of carboxylic acid groups (broad SMARTS) is 1. The quantitative estimate of drug-likeness (QED) is 0.605. The van der Waals surface area contributed by atoms with E-state index in [4.69, 9.17) is 10.8 Å². The van der Waals surface area contributed by atoms with Crippen LogP contribution >= 0.6 is 0 Å². The molecule has 4 nitrogen and oxygen atoms in total. The zero-order valence-corrected chi connectivity index (χ0v) is 9.23. The smallest absolute Gasteiger partial charge is 0.303 e. The molecule has 88 valence electrons. The number of benzene rings is 1. The molecule has 0 aliphatic rings. The molecule has 1 rings (SSSR count). The van der Waals surface area contributed by atoms with Crippen molar-refractivity contribution in [2.24, 2.45) is 5.73 Å². The lowest BCUT2D eigenvalue weighted by Gasteiger charge is -2.16. The van der Waals surface area contributed by atoms with Gasteiger partial charge in [0, 0.05) is 19.0 Å². The number of aliphatic carboxylic acids is 1. The Morgan fingerprint density at radius 3 is 2.62 bits per heavy atom. The van der Waals surface area contributed by atoms with Crippen molar-refractivity contribution in [1.82, 2.24) is 5.32 Å². The Balaban J connectivity index is 2.35. The maximum Gasteiger partial charge on any atom is 0.303 e. The summed E-state index contributed by atoms with van der Waals surface area (Å²) in [5.41, 5.74) is 6.81. The molecule has 0 aliphatic heterocycles.